The molecule has 0 spiro atoms. The van der Waals surface area contributed by atoms with E-state index in [9.17, 15) is 141 Å². The van der Waals surface area contributed by atoms with Crippen LogP contribution in [0.3, 0.4) is 0 Å². The molecule has 2 N–H and O–H groups in total. The Morgan fingerprint density at radius 2 is 0.453 bits per heavy atom. The van der Waals surface area contributed by atoms with Crippen molar-refractivity contribution >= 4 is 11.8 Å². The average molecular weight is 866 g/mol. The van der Waals surface area contributed by atoms with Crippen LogP contribution in [-0.2, 0) is 9.59 Å². The second kappa shape index (κ2) is 13.3. The molecule has 0 unspecified atom stereocenters. The molecule has 0 aliphatic carbocycles. The Kier molecular flexibility index (Phi) is 12.5. The molecule has 34 heteroatoms. The van der Waals surface area contributed by atoms with Crippen LogP contribution in [0.25, 0.3) is 0 Å². The predicted molar refractivity (Wildman–Crippen MR) is 102 cm³/mol. The van der Waals surface area contributed by atoms with Gasteiger partial charge in [0.15, 0.2) is 0 Å². The van der Waals surface area contributed by atoms with Crippen LogP contribution in [0.15, 0.2) is 0 Å². The molecule has 0 aliphatic heterocycles. The van der Waals surface area contributed by atoms with Gasteiger partial charge in [0, 0.05) is 13.1 Å². The van der Waals surface area contributed by atoms with Crippen molar-refractivity contribution in [3.8, 4) is 0 Å². The van der Waals surface area contributed by atoms with Crippen LogP contribution >= 0.6 is 0 Å². The molecule has 0 aromatic heterocycles. The Morgan fingerprint density at radius 3 is 0.642 bits per heavy atom. The third-order valence-electron chi connectivity index (χ3n) is 6.15. The molecule has 2 amide bonds. The van der Waals surface area contributed by atoms with Crippen LogP contribution in [0.4, 0.5) is 132 Å². The summed E-state index contributed by atoms with van der Waals surface area (Å²) in [4.78, 5) is 22.4. The second-order valence-electron chi connectivity index (χ2n) is 9.75. The fourth-order valence-corrected chi connectivity index (χ4v) is 2.93. The Labute approximate surface area is 268 Å². The number of carbonyl (C=O) groups is 2. The maximum Gasteiger partial charge on any atom is 0.460 e. The second-order valence-corrected chi connectivity index (χ2v) is 9.75. The van der Waals surface area contributed by atoms with Crippen molar-refractivity contribution in [1.29, 1.82) is 0 Å². The van der Waals surface area contributed by atoms with Crippen LogP contribution in [0.1, 0.15) is 6.42 Å². The lowest BCUT2D eigenvalue weighted by Gasteiger charge is -2.41. The van der Waals surface area contributed by atoms with E-state index in [1.807, 2.05) is 0 Å². The van der Waals surface area contributed by atoms with Gasteiger partial charge in [-0.3, -0.25) is 9.59 Å². The Hall–Kier alpha value is -3.16. The van der Waals surface area contributed by atoms with E-state index < -0.39 is 115 Å². The van der Waals surface area contributed by atoms with Crippen LogP contribution in [-0.4, -0.2) is 108 Å². The Morgan fingerprint density at radius 1 is 0.283 bits per heavy atom. The number of halogens is 30. The molecular formula is C19H8F30N2O2. The zero-order valence-corrected chi connectivity index (χ0v) is 23.3. The summed E-state index contributed by atoms with van der Waals surface area (Å²) in [6.45, 7) is -4.27. The maximum atomic E-state index is 13.7. The summed E-state index contributed by atoms with van der Waals surface area (Å²) in [5.74, 6) is -110. The molecule has 0 heterocycles. The molecule has 0 aromatic carbocycles. The van der Waals surface area contributed by atoms with E-state index in [-0.39, 0.29) is 10.6 Å². The van der Waals surface area contributed by atoms with Gasteiger partial charge >= 0.3 is 83.4 Å². The SMILES string of the molecule is O=C(NCCCNC(=O)C(F)(F)C(F)(F)C(F)(F)C(F)(F)C(F)(F)C(F)(F)C(F)(F)F)C(F)(F)C(F)(F)C(F)(F)C(F)(F)C(F)(F)C(F)(F)C(F)(F)F. The summed E-state index contributed by atoms with van der Waals surface area (Å²) < 4.78 is 393. The molecule has 0 saturated heterocycles. The molecule has 0 fully saturated rings. The molecular weight excluding hydrogens is 858 g/mol. The number of rotatable bonds is 16. The van der Waals surface area contributed by atoms with Crippen LogP contribution in [0.5, 0.6) is 0 Å². The van der Waals surface area contributed by atoms with Gasteiger partial charge in [-0.15, -0.1) is 0 Å². The van der Waals surface area contributed by atoms with E-state index in [0.717, 1.165) is 0 Å². The van der Waals surface area contributed by atoms with Crippen molar-refractivity contribution in [3.05, 3.63) is 0 Å². The van der Waals surface area contributed by atoms with Crippen molar-refractivity contribution in [2.75, 3.05) is 13.1 Å². The summed E-state index contributed by atoms with van der Waals surface area (Å²) in [7, 11) is 0. The summed E-state index contributed by atoms with van der Waals surface area (Å²) in [5.41, 5.74) is 0. The molecule has 53 heavy (non-hydrogen) atoms. The number of nitrogens with one attached hydrogen (secondary N) is 2. The molecule has 0 atom stereocenters. The van der Waals surface area contributed by atoms with E-state index >= 15 is 0 Å². The lowest BCUT2D eigenvalue weighted by atomic mass is 9.90. The normalized spacial score (nSPS) is 16.1. The molecule has 0 bridgehead atoms. The Bertz CT molecular complexity index is 1240. The molecule has 0 aliphatic rings. The number of amides is 2. The first kappa shape index (κ1) is 49.8. The van der Waals surface area contributed by atoms with Gasteiger partial charge in [-0.25, -0.2) is 0 Å². The highest BCUT2D eigenvalue weighted by atomic mass is 19.4. The number of hydrogen-bond acceptors (Lipinski definition) is 2. The number of hydrogen-bond donors (Lipinski definition) is 2. The summed E-state index contributed by atoms with van der Waals surface area (Å²) >= 11 is 0. The molecule has 0 radical (unpaired) electrons. The first-order chi connectivity index (χ1) is 22.5. The number of carbonyl (C=O) groups excluding carboxylic acids is 2. The largest absolute Gasteiger partial charge is 0.460 e. The molecule has 0 saturated carbocycles. The summed E-state index contributed by atoms with van der Waals surface area (Å²) in [6.07, 6.45) is -17.8. The van der Waals surface area contributed by atoms with Gasteiger partial charge in [0.25, 0.3) is 11.8 Å². The third-order valence-corrected chi connectivity index (χ3v) is 6.15. The van der Waals surface area contributed by atoms with Gasteiger partial charge < -0.3 is 10.6 Å². The summed E-state index contributed by atoms with van der Waals surface area (Å²) in [5, 5.41) is 0.321. The highest BCUT2D eigenvalue weighted by Gasteiger charge is 2.95. The average Bonchev–Trinajstić information content (AvgIpc) is 2.94. The van der Waals surface area contributed by atoms with E-state index in [0.29, 0.717) is 0 Å². The monoisotopic (exact) mass is 866 g/mol. The smallest absolute Gasteiger partial charge is 0.351 e. The lowest BCUT2D eigenvalue weighted by Crippen LogP contribution is -2.74. The van der Waals surface area contributed by atoms with Crippen molar-refractivity contribution in [3.63, 3.8) is 0 Å². The standard InChI is InChI=1S/C19H8F30N2O2/c20-6(21,8(24,25)10(28,29)12(32,33)14(36,37)16(40,41)18(44,45)46)4(52)50-2-1-3-51-5(53)7(22,23)9(26,27)11(30,31)13(34,35)15(38,39)17(42,43)19(47,48)49/h1-3H2,(H,50,52)(H,51,53). The van der Waals surface area contributed by atoms with Gasteiger partial charge in [-0.1, -0.05) is 0 Å². The minimum atomic E-state index is -8.85. The van der Waals surface area contributed by atoms with Crippen molar-refractivity contribution in [2.45, 2.75) is 89.8 Å². The van der Waals surface area contributed by atoms with E-state index in [2.05, 4.69) is 0 Å². The predicted octanol–water partition coefficient (Wildman–Crippen LogP) is 8.36. The zero-order chi connectivity index (χ0) is 43.7. The van der Waals surface area contributed by atoms with Crippen LogP contribution < -0.4 is 10.6 Å². The highest BCUT2D eigenvalue weighted by molar-refractivity contribution is 5.85. The van der Waals surface area contributed by atoms with Gasteiger partial charge in [0.05, 0.1) is 0 Å². The minimum absolute atomic E-state index is 0.160. The molecule has 4 nitrogen and oxygen atoms in total. The van der Waals surface area contributed by atoms with Crippen LogP contribution in [0, 0.1) is 0 Å². The van der Waals surface area contributed by atoms with Crippen molar-refractivity contribution in [2.24, 2.45) is 0 Å². The Balaban J connectivity index is 6.05. The molecule has 316 valence electrons. The third kappa shape index (κ3) is 6.88. The summed E-state index contributed by atoms with van der Waals surface area (Å²) in [6, 6.07) is 0. The van der Waals surface area contributed by atoms with E-state index in [4.69, 9.17) is 0 Å². The lowest BCUT2D eigenvalue weighted by molar-refractivity contribution is -0.449. The van der Waals surface area contributed by atoms with Gasteiger partial charge in [0.1, 0.15) is 0 Å². The fourth-order valence-electron chi connectivity index (χ4n) is 2.93. The van der Waals surface area contributed by atoms with E-state index in [1.165, 1.54) is 0 Å². The topological polar surface area (TPSA) is 58.2 Å². The molecule has 0 rings (SSSR count). The van der Waals surface area contributed by atoms with Crippen LogP contribution in [0.2, 0.25) is 0 Å². The molecule has 0 aromatic rings. The van der Waals surface area contributed by atoms with Crippen molar-refractivity contribution < 1.29 is 141 Å². The quantitative estimate of drug-likeness (QED) is 0.121. The minimum Gasteiger partial charge on any atom is -0.351 e. The van der Waals surface area contributed by atoms with Gasteiger partial charge in [-0.05, 0) is 6.42 Å². The highest BCUT2D eigenvalue weighted by Crippen LogP contribution is 2.64. The number of alkyl halides is 30. The van der Waals surface area contributed by atoms with Gasteiger partial charge in [0.2, 0.25) is 0 Å². The zero-order valence-electron chi connectivity index (χ0n) is 23.3. The van der Waals surface area contributed by atoms with Gasteiger partial charge in [-0.2, -0.15) is 132 Å². The first-order valence-corrected chi connectivity index (χ1v) is 11.8. The fraction of sp³-hybridized carbons (Fsp3) is 0.895. The van der Waals surface area contributed by atoms with E-state index in [1.54, 1.807) is 0 Å². The first-order valence-electron chi connectivity index (χ1n) is 11.8. The maximum absolute atomic E-state index is 13.7. The van der Waals surface area contributed by atoms with Crippen molar-refractivity contribution in [1.82, 2.24) is 10.6 Å².